The van der Waals surface area contributed by atoms with Gasteiger partial charge >= 0.3 is 0 Å². The van der Waals surface area contributed by atoms with Gasteiger partial charge in [-0.05, 0) is 68.4 Å². The topological polar surface area (TPSA) is 310 Å². The van der Waals surface area contributed by atoms with Gasteiger partial charge in [-0.2, -0.15) is 0 Å². The first kappa shape index (κ1) is 48.0. The predicted octanol–water partition coefficient (Wildman–Crippen LogP) is 3.52. The van der Waals surface area contributed by atoms with Crippen LogP contribution in [0.3, 0.4) is 0 Å². The number of hydrogen-bond acceptors (Lipinski definition) is 11. The normalized spacial score (nSPS) is 11.8. The molecule has 0 saturated heterocycles. The number of anilines is 4. The van der Waals surface area contributed by atoms with E-state index in [2.05, 4.69) is 36.2 Å². The molecule has 2 rings (SSSR count). The quantitative estimate of drug-likeness (QED) is 0.0214. The lowest BCUT2D eigenvalue weighted by Gasteiger charge is -2.16. The molecule has 0 saturated carbocycles. The molecule has 1 atom stereocenters. The summed E-state index contributed by atoms with van der Waals surface area (Å²) in [4.78, 5) is 66.5. The molecule has 0 radical (unpaired) electrons. The molecule has 4 amide bonds. The summed E-state index contributed by atoms with van der Waals surface area (Å²) in [6.07, 6.45) is 6.73. The summed E-state index contributed by atoms with van der Waals surface area (Å²) in [7, 11) is 0. The zero-order valence-electron chi connectivity index (χ0n) is 32.9. The molecule has 0 aliphatic rings. The fourth-order valence-electron chi connectivity index (χ4n) is 4.83. The van der Waals surface area contributed by atoms with Crippen molar-refractivity contribution in [2.75, 3.05) is 59.0 Å². The highest BCUT2D eigenvalue weighted by Gasteiger charge is 2.18. The maximum absolute atomic E-state index is 13.8. The molecule has 2 aromatic rings. The van der Waals surface area contributed by atoms with Crippen molar-refractivity contribution in [3.05, 3.63) is 48.2 Å². The first-order valence-corrected chi connectivity index (χ1v) is 20.8. The lowest BCUT2D eigenvalue weighted by molar-refractivity contribution is -0.117. The van der Waals surface area contributed by atoms with Crippen molar-refractivity contribution in [1.82, 2.24) is 0 Å². The molecule has 0 aliphatic carbocycles. The van der Waals surface area contributed by atoms with E-state index in [1.54, 1.807) is 42.6 Å². The second-order valence-electron chi connectivity index (χ2n) is 12.7. The van der Waals surface area contributed by atoms with E-state index in [-0.39, 0.29) is 54.6 Å². The van der Waals surface area contributed by atoms with Gasteiger partial charge < -0.3 is 55.7 Å². The lowest BCUT2D eigenvalue weighted by atomic mass is 10.1. The minimum absolute atomic E-state index is 0.00775. The number of guanidine groups is 2. The van der Waals surface area contributed by atoms with Gasteiger partial charge in [0.05, 0.1) is 32.5 Å². The molecule has 17 nitrogen and oxygen atoms in total. The second-order valence-corrected chi connectivity index (χ2v) is 14.9. The van der Waals surface area contributed by atoms with Crippen molar-refractivity contribution >= 4 is 88.0 Å². The summed E-state index contributed by atoms with van der Waals surface area (Å²) in [5.41, 5.74) is 35.1. The molecule has 0 fully saturated rings. The number of carbonyl (C=O) groups is 4. The van der Waals surface area contributed by atoms with Gasteiger partial charge in [-0.15, -0.1) is 23.5 Å². The van der Waals surface area contributed by atoms with Gasteiger partial charge in [0.15, 0.2) is 11.9 Å². The first-order valence-electron chi connectivity index (χ1n) is 18.9. The van der Waals surface area contributed by atoms with Gasteiger partial charge in [-0.25, -0.2) is 0 Å². The molecule has 2 aromatic carbocycles. The molecular formula is C38H59N13O4S2. The van der Waals surface area contributed by atoms with Gasteiger partial charge in [0.1, 0.15) is 5.70 Å². The Hall–Kier alpha value is -5.11. The summed E-state index contributed by atoms with van der Waals surface area (Å²) in [5.74, 6) is -0.174. The molecule has 0 spiro atoms. The van der Waals surface area contributed by atoms with E-state index < -0.39 is 11.8 Å². The van der Waals surface area contributed by atoms with Crippen LogP contribution in [0.25, 0.3) is 0 Å². The lowest BCUT2D eigenvalue weighted by Crippen LogP contribution is -2.23. The molecule has 19 heteroatoms. The highest BCUT2D eigenvalue weighted by molar-refractivity contribution is 7.99. The third-order valence-corrected chi connectivity index (χ3v) is 10.2. The number of carbonyl (C=O) groups excluding carboxylic acids is 4. The maximum Gasteiger partial charge on any atom is 0.273 e. The monoisotopic (exact) mass is 825 g/mol. The van der Waals surface area contributed by atoms with Crippen LogP contribution in [0.4, 0.5) is 22.7 Å². The van der Waals surface area contributed by atoms with Crippen LogP contribution in [-0.2, 0) is 19.2 Å². The summed E-state index contributed by atoms with van der Waals surface area (Å²) in [6.45, 7) is 5.59. The number of unbranched alkanes of at least 4 members (excludes halogenated alkanes) is 2. The number of amides is 4. The highest BCUT2D eigenvalue weighted by Crippen LogP contribution is 2.36. The predicted molar refractivity (Wildman–Crippen MR) is 237 cm³/mol. The third-order valence-electron chi connectivity index (χ3n) is 7.87. The molecule has 57 heavy (non-hydrogen) atoms. The number of nitrogens with two attached hydrogens (primary N) is 6. The van der Waals surface area contributed by atoms with Crippen molar-refractivity contribution in [3.8, 4) is 0 Å². The third kappa shape index (κ3) is 19.5. The zero-order chi connectivity index (χ0) is 42.0. The maximum atomic E-state index is 13.8. The highest BCUT2D eigenvalue weighted by atomic mass is 32.2. The SMILES string of the molecule is CC[C@@H](C)C=N/C(=C\CC(=O)Nc1cccc(NC(=O)CCCCN=C(N)N)c1SCCN)C(=O)Nc1cccc(NC(=O)CCCCN=C(N)N)c1SCCN. The molecular weight excluding hydrogens is 767 g/mol. The standard InChI is InChI=1S/C38H59N13O4S2/c1-3-25(2)24-47-30(36(55)51-29-13-9-12-28(35(29)57-23-19-40)49-32(53)15-5-7-21-46-38(43)44)16-17-33(54)50-27-11-8-10-26(34(27)56-22-18-39)48-31(52)14-4-6-20-45-37(41)42/h8-13,16,24-25H,3-7,14-15,17-23,39-40H2,1-2H3,(H,48,52)(H,49,53)(H,50,54)(H,51,55)(H4,41,42,45)(H4,43,44,46)/b30-16-,47-24?/t25-/m1/s1. The summed E-state index contributed by atoms with van der Waals surface area (Å²) in [5, 5.41) is 11.7. The molecule has 16 N–H and O–H groups in total. The van der Waals surface area contributed by atoms with E-state index in [0.29, 0.717) is 95.9 Å². The van der Waals surface area contributed by atoms with E-state index in [1.165, 1.54) is 29.6 Å². The number of hydrogen-bond donors (Lipinski definition) is 10. The van der Waals surface area contributed by atoms with Gasteiger partial charge in [0, 0.05) is 63.2 Å². The van der Waals surface area contributed by atoms with Gasteiger partial charge in [-0.1, -0.05) is 26.0 Å². The van der Waals surface area contributed by atoms with Crippen molar-refractivity contribution in [1.29, 1.82) is 0 Å². The van der Waals surface area contributed by atoms with Gasteiger partial charge in [0.25, 0.3) is 5.91 Å². The average Bonchev–Trinajstić information content (AvgIpc) is 3.16. The Morgan fingerprint density at radius 1 is 0.684 bits per heavy atom. The van der Waals surface area contributed by atoms with Crippen molar-refractivity contribution < 1.29 is 19.2 Å². The number of rotatable bonds is 26. The number of thioether (sulfide) groups is 2. The van der Waals surface area contributed by atoms with E-state index in [9.17, 15) is 19.2 Å². The Labute approximate surface area is 343 Å². The number of nitrogens with zero attached hydrogens (tertiary/aromatic N) is 3. The van der Waals surface area contributed by atoms with Crippen LogP contribution < -0.4 is 55.7 Å². The van der Waals surface area contributed by atoms with E-state index >= 15 is 0 Å². The largest absolute Gasteiger partial charge is 0.370 e. The van der Waals surface area contributed by atoms with Crippen molar-refractivity contribution in [2.24, 2.45) is 55.3 Å². The minimum Gasteiger partial charge on any atom is -0.370 e. The van der Waals surface area contributed by atoms with Crippen molar-refractivity contribution in [2.45, 2.75) is 75.0 Å². The molecule has 0 aliphatic heterocycles. The summed E-state index contributed by atoms with van der Waals surface area (Å²) < 4.78 is 0. The summed E-state index contributed by atoms with van der Waals surface area (Å²) in [6, 6.07) is 10.4. The van der Waals surface area contributed by atoms with Crippen LogP contribution >= 0.6 is 23.5 Å². The Bertz CT molecular complexity index is 1740. The van der Waals surface area contributed by atoms with Crippen LogP contribution in [0.5, 0.6) is 0 Å². The number of benzene rings is 2. The Morgan fingerprint density at radius 3 is 1.54 bits per heavy atom. The van der Waals surface area contributed by atoms with E-state index in [1.807, 2.05) is 13.8 Å². The van der Waals surface area contributed by atoms with E-state index in [4.69, 9.17) is 34.4 Å². The van der Waals surface area contributed by atoms with Crippen LogP contribution in [0.15, 0.2) is 72.9 Å². The summed E-state index contributed by atoms with van der Waals surface area (Å²) >= 11 is 2.80. The van der Waals surface area contributed by atoms with Gasteiger partial charge in [0.2, 0.25) is 17.7 Å². The fraction of sp³-hybridized carbons (Fsp3) is 0.447. The van der Waals surface area contributed by atoms with Crippen LogP contribution in [0.1, 0.15) is 65.2 Å². The number of nitrogens with one attached hydrogen (secondary N) is 4. The van der Waals surface area contributed by atoms with Crippen LogP contribution in [-0.4, -0.2) is 79.4 Å². The Morgan fingerprint density at radius 2 is 1.12 bits per heavy atom. The van der Waals surface area contributed by atoms with Crippen LogP contribution in [0, 0.1) is 5.92 Å². The average molecular weight is 826 g/mol. The molecule has 312 valence electrons. The second kappa shape index (κ2) is 27.5. The van der Waals surface area contributed by atoms with Gasteiger partial charge in [-0.3, -0.25) is 34.2 Å². The number of aliphatic imine (C=N–C) groups is 3. The first-order chi connectivity index (χ1) is 27.4. The van der Waals surface area contributed by atoms with Crippen LogP contribution in [0.2, 0.25) is 0 Å². The van der Waals surface area contributed by atoms with Crippen molar-refractivity contribution in [3.63, 3.8) is 0 Å². The molecule has 0 unspecified atom stereocenters. The molecule has 0 aromatic heterocycles. The molecule has 0 heterocycles. The molecule has 0 bridgehead atoms. The Kier molecular flexibility index (Phi) is 23.2. The Balaban J connectivity index is 2.28. The minimum atomic E-state index is -0.539. The smallest absolute Gasteiger partial charge is 0.273 e. The fourth-order valence-corrected chi connectivity index (χ4v) is 6.57. The van der Waals surface area contributed by atoms with E-state index in [0.717, 1.165) is 6.42 Å². The zero-order valence-corrected chi connectivity index (χ0v) is 34.5.